The molecule has 1 aliphatic rings. The molecule has 2 rings (SSSR count). The molecular formula is C15H11ClNO3S2-. The number of rotatable bonds is 5. The van der Waals surface area contributed by atoms with Crippen LogP contribution in [0.3, 0.4) is 0 Å². The molecule has 0 aliphatic carbocycles. The Labute approximate surface area is 142 Å². The van der Waals surface area contributed by atoms with Crippen molar-refractivity contribution in [2.24, 2.45) is 0 Å². The number of thioether (sulfide) groups is 1. The number of halogens is 1. The van der Waals surface area contributed by atoms with Crippen molar-refractivity contribution in [2.45, 2.75) is 6.42 Å². The maximum Gasteiger partial charge on any atom is 0.266 e. The fourth-order valence-electron chi connectivity index (χ4n) is 1.77. The molecule has 4 nitrogen and oxygen atoms in total. The van der Waals surface area contributed by atoms with Gasteiger partial charge in [-0.1, -0.05) is 65.9 Å². The third-order valence-electron chi connectivity index (χ3n) is 2.79. The van der Waals surface area contributed by atoms with Crippen molar-refractivity contribution < 1.29 is 14.7 Å². The van der Waals surface area contributed by atoms with Crippen molar-refractivity contribution >= 4 is 57.9 Å². The normalized spacial score (nSPS) is 17.4. The minimum Gasteiger partial charge on any atom is -0.550 e. The highest BCUT2D eigenvalue weighted by atomic mass is 35.5. The Bertz CT molecular complexity index is 671. The molecule has 0 saturated carbocycles. The van der Waals surface area contributed by atoms with Crippen molar-refractivity contribution in [1.82, 2.24) is 4.90 Å². The van der Waals surface area contributed by atoms with E-state index in [-0.39, 0.29) is 18.9 Å². The van der Waals surface area contributed by atoms with E-state index in [0.29, 0.717) is 14.3 Å². The Morgan fingerprint density at radius 2 is 2.05 bits per heavy atom. The SMILES string of the molecule is O=C([O-])CCN1C(=O)/C(=C/C(Cl)=C/c2ccccc2)SC1=S. The molecule has 1 aromatic carbocycles. The molecule has 0 unspecified atom stereocenters. The van der Waals surface area contributed by atoms with E-state index in [1.807, 2.05) is 30.3 Å². The van der Waals surface area contributed by atoms with E-state index in [9.17, 15) is 14.7 Å². The molecule has 0 spiro atoms. The summed E-state index contributed by atoms with van der Waals surface area (Å²) in [5.41, 5.74) is 0.913. The van der Waals surface area contributed by atoms with Crippen LogP contribution in [-0.2, 0) is 9.59 Å². The zero-order valence-corrected chi connectivity index (χ0v) is 13.7. The van der Waals surface area contributed by atoms with Crippen LogP contribution >= 0.6 is 35.6 Å². The number of nitrogens with zero attached hydrogens (tertiary/aromatic N) is 1. The summed E-state index contributed by atoms with van der Waals surface area (Å²) in [4.78, 5) is 24.3. The summed E-state index contributed by atoms with van der Waals surface area (Å²) in [7, 11) is 0. The fraction of sp³-hybridized carbons (Fsp3) is 0.133. The summed E-state index contributed by atoms with van der Waals surface area (Å²) < 4.78 is 0.321. The second-order valence-electron chi connectivity index (χ2n) is 4.40. The summed E-state index contributed by atoms with van der Waals surface area (Å²) in [6.07, 6.45) is 3.01. The molecule has 7 heteroatoms. The summed E-state index contributed by atoms with van der Waals surface area (Å²) in [6.45, 7) is 0.00432. The van der Waals surface area contributed by atoms with Crippen LogP contribution in [-0.4, -0.2) is 27.6 Å². The van der Waals surface area contributed by atoms with Crippen LogP contribution in [0.5, 0.6) is 0 Å². The van der Waals surface area contributed by atoms with E-state index in [1.54, 1.807) is 6.08 Å². The van der Waals surface area contributed by atoms with E-state index in [2.05, 4.69) is 0 Å². The number of amides is 1. The van der Waals surface area contributed by atoms with Gasteiger partial charge in [0.1, 0.15) is 4.32 Å². The van der Waals surface area contributed by atoms with Gasteiger partial charge < -0.3 is 9.90 Å². The number of hydrogen-bond acceptors (Lipinski definition) is 5. The van der Waals surface area contributed by atoms with Gasteiger partial charge in [-0.25, -0.2) is 0 Å². The molecule has 1 aliphatic heterocycles. The number of thiocarbonyl (C=S) groups is 1. The number of benzene rings is 1. The summed E-state index contributed by atoms with van der Waals surface area (Å²) >= 11 is 12.3. The molecule has 1 saturated heterocycles. The van der Waals surface area contributed by atoms with E-state index < -0.39 is 5.97 Å². The van der Waals surface area contributed by atoms with E-state index in [4.69, 9.17) is 23.8 Å². The lowest BCUT2D eigenvalue weighted by Gasteiger charge is -2.14. The van der Waals surface area contributed by atoms with Crippen LogP contribution in [0.15, 0.2) is 46.3 Å². The van der Waals surface area contributed by atoms with Crippen molar-refractivity contribution in [2.75, 3.05) is 6.54 Å². The van der Waals surface area contributed by atoms with Gasteiger partial charge in [0.25, 0.3) is 5.91 Å². The fourth-order valence-corrected chi connectivity index (χ4v) is 3.37. The van der Waals surface area contributed by atoms with Crippen LogP contribution in [0.25, 0.3) is 6.08 Å². The molecule has 114 valence electrons. The Morgan fingerprint density at radius 1 is 1.36 bits per heavy atom. The Kier molecular flexibility index (Phi) is 5.76. The second kappa shape index (κ2) is 7.58. The lowest BCUT2D eigenvalue weighted by molar-refractivity contribution is -0.305. The monoisotopic (exact) mass is 352 g/mol. The van der Waals surface area contributed by atoms with Crippen molar-refractivity contribution in [3.8, 4) is 0 Å². The second-order valence-corrected chi connectivity index (χ2v) is 6.51. The average Bonchev–Trinajstić information content (AvgIpc) is 2.72. The molecule has 0 atom stereocenters. The average molecular weight is 353 g/mol. The van der Waals surface area contributed by atoms with Crippen molar-refractivity contribution in [3.05, 3.63) is 51.9 Å². The molecule has 1 aromatic rings. The van der Waals surface area contributed by atoms with Gasteiger partial charge in [0.2, 0.25) is 0 Å². The minimum atomic E-state index is -1.22. The lowest BCUT2D eigenvalue weighted by atomic mass is 10.2. The van der Waals surface area contributed by atoms with Gasteiger partial charge in [-0.2, -0.15) is 0 Å². The number of aliphatic carboxylic acids is 1. The van der Waals surface area contributed by atoms with Crippen molar-refractivity contribution in [3.63, 3.8) is 0 Å². The number of carboxylic acid groups (broad SMARTS) is 1. The molecule has 1 fully saturated rings. The summed E-state index contributed by atoms with van der Waals surface area (Å²) in [6, 6.07) is 9.45. The summed E-state index contributed by atoms with van der Waals surface area (Å²) in [5, 5.41) is 10.9. The van der Waals surface area contributed by atoms with Crippen LogP contribution < -0.4 is 5.11 Å². The maximum atomic E-state index is 12.2. The number of hydrogen-bond donors (Lipinski definition) is 0. The predicted octanol–water partition coefficient (Wildman–Crippen LogP) is 2.15. The standard InChI is InChI=1S/C15H12ClNO3S2/c16-11(8-10-4-2-1-3-5-10)9-12-14(20)17(15(21)22-12)7-6-13(18)19/h1-5,8-9H,6-7H2,(H,18,19)/p-1/b11-8-,12-9-. The smallest absolute Gasteiger partial charge is 0.266 e. The molecular weight excluding hydrogens is 342 g/mol. The Morgan fingerprint density at radius 3 is 2.68 bits per heavy atom. The first kappa shape index (κ1) is 16.7. The van der Waals surface area contributed by atoms with Gasteiger partial charge in [-0.05, 0) is 17.7 Å². The Balaban J connectivity index is 2.12. The minimum absolute atomic E-state index is 0.00432. The Hall–Kier alpha value is -1.63. The van der Waals surface area contributed by atoms with Gasteiger partial charge in [0.05, 0.1) is 4.91 Å². The van der Waals surface area contributed by atoms with Gasteiger partial charge in [-0.3, -0.25) is 9.69 Å². The molecule has 0 aromatic heterocycles. The maximum absolute atomic E-state index is 12.2. The number of carboxylic acids is 1. The largest absolute Gasteiger partial charge is 0.550 e. The first-order valence-corrected chi connectivity index (χ1v) is 7.95. The van der Waals surface area contributed by atoms with Crippen LogP contribution in [0.2, 0.25) is 0 Å². The highest BCUT2D eigenvalue weighted by Gasteiger charge is 2.31. The number of carbonyl (C=O) groups is 2. The topological polar surface area (TPSA) is 60.4 Å². The van der Waals surface area contributed by atoms with Gasteiger partial charge in [-0.15, -0.1) is 0 Å². The van der Waals surface area contributed by atoms with E-state index in [1.165, 1.54) is 11.0 Å². The number of allylic oxidation sites excluding steroid dienone is 2. The molecule has 22 heavy (non-hydrogen) atoms. The molecule has 0 radical (unpaired) electrons. The zero-order valence-electron chi connectivity index (χ0n) is 11.3. The van der Waals surface area contributed by atoms with Crippen LogP contribution in [0, 0.1) is 0 Å². The van der Waals surface area contributed by atoms with Crippen LogP contribution in [0.4, 0.5) is 0 Å². The first-order chi connectivity index (χ1) is 10.5. The third kappa shape index (κ3) is 4.43. The highest BCUT2D eigenvalue weighted by Crippen LogP contribution is 2.32. The molecule has 0 bridgehead atoms. The van der Waals surface area contributed by atoms with Crippen molar-refractivity contribution in [1.29, 1.82) is 0 Å². The van der Waals surface area contributed by atoms with Gasteiger partial charge in [0, 0.05) is 24.0 Å². The van der Waals surface area contributed by atoms with E-state index in [0.717, 1.165) is 17.3 Å². The number of carbonyl (C=O) groups excluding carboxylic acids is 2. The highest BCUT2D eigenvalue weighted by molar-refractivity contribution is 8.26. The van der Waals surface area contributed by atoms with Gasteiger partial charge >= 0.3 is 0 Å². The molecule has 0 N–H and O–H groups in total. The molecule has 1 amide bonds. The van der Waals surface area contributed by atoms with E-state index >= 15 is 0 Å². The van der Waals surface area contributed by atoms with Crippen LogP contribution in [0.1, 0.15) is 12.0 Å². The quantitative estimate of drug-likeness (QED) is 0.600. The third-order valence-corrected chi connectivity index (χ3v) is 4.38. The lowest BCUT2D eigenvalue weighted by Crippen LogP contribution is -2.33. The molecule has 1 heterocycles. The predicted molar refractivity (Wildman–Crippen MR) is 89.9 cm³/mol. The van der Waals surface area contributed by atoms with Gasteiger partial charge in [0.15, 0.2) is 0 Å². The first-order valence-electron chi connectivity index (χ1n) is 6.35. The zero-order chi connectivity index (χ0) is 16.1. The summed E-state index contributed by atoms with van der Waals surface area (Å²) in [5.74, 6) is -1.56.